The van der Waals surface area contributed by atoms with Gasteiger partial charge in [-0.05, 0) is 53.3 Å². The van der Waals surface area contributed by atoms with E-state index in [0.717, 1.165) is 23.3 Å². The molecule has 148 valence electrons. The van der Waals surface area contributed by atoms with E-state index in [-0.39, 0.29) is 23.8 Å². The van der Waals surface area contributed by atoms with E-state index in [2.05, 4.69) is 0 Å². The van der Waals surface area contributed by atoms with Crippen molar-refractivity contribution in [1.29, 1.82) is 0 Å². The largest absolute Gasteiger partial charge is 0.478 e. The molecule has 28 heavy (non-hydrogen) atoms. The van der Waals surface area contributed by atoms with Crippen LogP contribution in [0.1, 0.15) is 51.9 Å². The summed E-state index contributed by atoms with van der Waals surface area (Å²) in [4.78, 5) is 25.5. The van der Waals surface area contributed by atoms with Crippen molar-refractivity contribution in [2.24, 2.45) is 0 Å². The monoisotopic (exact) mass is 391 g/mol. The van der Waals surface area contributed by atoms with Crippen molar-refractivity contribution < 1.29 is 27.9 Å². The van der Waals surface area contributed by atoms with Gasteiger partial charge in [0.1, 0.15) is 0 Å². The minimum atomic E-state index is -4.38. The molecule has 0 spiro atoms. The van der Waals surface area contributed by atoms with E-state index >= 15 is 0 Å². The van der Waals surface area contributed by atoms with Crippen LogP contribution in [-0.4, -0.2) is 28.4 Å². The van der Waals surface area contributed by atoms with Crippen molar-refractivity contribution in [2.75, 3.05) is 6.54 Å². The summed E-state index contributed by atoms with van der Waals surface area (Å²) < 4.78 is 38.0. The molecule has 1 heterocycles. The first kappa shape index (κ1) is 19.9. The Bertz CT molecular complexity index is 891. The number of hydrogen-bond donors (Lipinski definition) is 1. The Kier molecular flexibility index (Phi) is 5.45. The molecule has 0 radical (unpaired) electrons. The van der Waals surface area contributed by atoms with Crippen LogP contribution in [0.5, 0.6) is 0 Å². The number of nitrogens with zero attached hydrogens (tertiary/aromatic N) is 1. The number of carboxylic acids is 1. The SMILES string of the molecule is CC(CC(=O)N1CCc2ccc(C(=O)O)cc2C1)c1ccc(C(F)(F)F)cc1. The van der Waals surface area contributed by atoms with E-state index in [1.165, 1.54) is 12.1 Å². The highest BCUT2D eigenvalue weighted by Gasteiger charge is 2.30. The average Bonchev–Trinajstić information content (AvgIpc) is 2.66. The lowest BCUT2D eigenvalue weighted by Gasteiger charge is -2.30. The van der Waals surface area contributed by atoms with Crippen molar-refractivity contribution in [3.05, 3.63) is 70.3 Å². The third-order valence-corrected chi connectivity index (χ3v) is 5.11. The van der Waals surface area contributed by atoms with Crippen LogP contribution in [0.15, 0.2) is 42.5 Å². The summed E-state index contributed by atoms with van der Waals surface area (Å²) in [7, 11) is 0. The summed E-state index contributed by atoms with van der Waals surface area (Å²) in [5.41, 5.74) is 2.00. The molecule has 1 amide bonds. The molecule has 0 aromatic heterocycles. The van der Waals surface area contributed by atoms with Crippen LogP contribution in [0.3, 0.4) is 0 Å². The van der Waals surface area contributed by atoms with E-state index in [4.69, 9.17) is 5.11 Å². The number of carbonyl (C=O) groups excluding carboxylic acids is 1. The minimum absolute atomic E-state index is 0.0984. The van der Waals surface area contributed by atoms with Crippen molar-refractivity contribution in [3.63, 3.8) is 0 Å². The molecule has 7 heteroatoms. The Hall–Kier alpha value is -2.83. The number of fused-ring (bicyclic) bond motifs is 1. The van der Waals surface area contributed by atoms with Gasteiger partial charge in [0, 0.05) is 19.5 Å². The van der Waals surface area contributed by atoms with Gasteiger partial charge in [-0.25, -0.2) is 4.79 Å². The standard InChI is InChI=1S/C21H20F3NO3/c1-13(14-4-6-18(7-5-14)21(22,23)24)10-19(26)25-9-8-15-2-3-16(20(27)28)11-17(15)12-25/h2-7,11,13H,8-10,12H2,1H3,(H,27,28). The van der Waals surface area contributed by atoms with Gasteiger partial charge in [-0.15, -0.1) is 0 Å². The van der Waals surface area contributed by atoms with Gasteiger partial charge in [-0.3, -0.25) is 4.79 Å². The Balaban J connectivity index is 1.66. The maximum absolute atomic E-state index is 12.7. The quantitative estimate of drug-likeness (QED) is 0.836. The number of carboxylic acid groups (broad SMARTS) is 1. The van der Waals surface area contributed by atoms with Crippen molar-refractivity contribution in [1.82, 2.24) is 4.90 Å². The molecule has 2 aromatic carbocycles. The molecule has 1 aliphatic rings. The summed E-state index contributed by atoms with van der Waals surface area (Å²) in [5, 5.41) is 9.13. The average molecular weight is 391 g/mol. The fourth-order valence-electron chi connectivity index (χ4n) is 3.41. The Morgan fingerprint density at radius 2 is 1.79 bits per heavy atom. The lowest BCUT2D eigenvalue weighted by atomic mass is 9.94. The Morgan fingerprint density at radius 1 is 1.11 bits per heavy atom. The number of alkyl halides is 3. The zero-order chi connectivity index (χ0) is 20.5. The molecule has 1 unspecified atom stereocenters. The normalized spacial score (nSPS) is 15.1. The van der Waals surface area contributed by atoms with E-state index in [1.807, 2.05) is 0 Å². The number of hydrogen-bond acceptors (Lipinski definition) is 2. The molecular formula is C21H20F3NO3. The smallest absolute Gasteiger partial charge is 0.416 e. The molecule has 0 fully saturated rings. The number of aromatic carboxylic acids is 1. The summed E-state index contributed by atoms with van der Waals surface area (Å²) in [6.07, 6.45) is -3.55. The number of rotatable bonds is 4. The number of halogens is 3. The van der Waals surface area contributed by atoms with Gasteiger partial charge >= 0.3 is 12.1 Å². The molecule has 1 aliphatic heterocycles. The van der Waals surface area contributed by atoms with Crippen molar-refractivity contribution in [3.8, 4) is 0 Å². The first-order valence-electron chi connectivity index (χ1n) is 8.95. The van der Waals surface area contributed by atoms with Gasteiger partial charge in [0.2, 0.25) is 5.91 Å². The number of amides is 1. The zero-order valence-corrected chi connectivity index (χ0v) is 15.3. The topological polar surface area (TPSA) is 57.6 Å². The highest BCUT2D eigenvalue weighted by atomic mass is 19.4. The molecule has 1 N–H and O–H groups in total. The molecular weight excluding hydrogens is 371 g/mol. The zero-order valence-electron chi connectivity index (χ0n) is 15.3. The Morgan fingerprint density at radius 3 is 2.39 bits per heavy atom. The maximum atomic E-state index is 12.7. The molecule has 0 bridgehead atoms. The first-order valence-corrected chi connectivity index (χ1v) is 8.95. The molecule has 0 aliphatic carbocycles. The van der Waals surface area contributed by atoms with Crippen LogP contribution >= 0.6 is 0 Å². The van der Waals surface area contributed by atoms with E-state index in [0.29, 0.717) is 25.1 Å². The van der Waals surface area contributed by atoms with Crippen molar-refractivity contribution in [2.45, 2.75) is 38.4 Å². The van der Waals surface area contributed by atoms with Crippen molar-refractivity contribution >= 4 is 11.9 Å². The minimum Gasteiger partial charge on any atom is -0.478 e. The third-order valence-electron chi connectivity index (χ3n) is 5.11. The molecule has 0 saturated heterocycles. The molecule has 4 nitrogen and oxygen atoms in total. The Labute approximate surface area is 160 Å². The van der Waals surface area contributed by atoms with E-state index < -0.39 is 17.7 Å². The van der Waals surface area contributed by atoms with Gasteiger partial charge in [-0.1, -0.05) is 25.1 Å². The van der Waals surface area contributed by atoms with Gasteiger partial charge in [0.25, 0.3) is 0 Å². The van der Waals surface area contributed by atoms with Crippen LogP contribution in [-0.2, 0) is 23.9 Å². The first-order chi connectivity index (χ1) is 13.1. The van der Waals surface area contributed by atoms with Crippen LogP contribution < -0.4 is 0 Å². The maximum Gasteiger partial charge on any atom is 0.416 e. The molecule has 1 atom stereocenters. The van der Waals surface area contributed by atoms with Crippen LogP contribution in [0, 0.1) is 0 Å². The highest BCUT2D eigenvalue weighted by molar-refractivity contribution is 5.88. The fraction of sp³-hybridized carbons (Fsp3) is 0.333. The second-order valence-electron chi connectivity index (χ2n) is 7.08. The summed E-state index contributed by atoms with van der Waals surface area (Å²) in [5.74, 6) is -1.33. The van der Waals surface area contributed by atoms with E-state index in [1.54, 1.807) is 30.0 Å². The summed E-state index contributed by atoms with van der Waals surface area (Å²) >= 11 is 0. The second kappa shape index (κ2) is 7.66. The van der Waals surface area contributed by atoms with Crippen LogP contribution in [0.25, 0.3) is 0 Å². The van der Waals surface area contributed by atoms with Gasteiger partial charge < -0.3 is 10.0 Å². The number of benzene rings is 2. The van der Waals surface area contributed by atoms with Gasteiger partial charge in [0.05, 0.1) is 11.1 Å². The summed E-state index contributed by atoms with van der Waals surface area (Å²) in [6.45, 7) is 2.69. The molecule has 0 saturated carbocycles. The lowest BCUT2D eigenvalue weighted by molar-refractivity contribution is -0.137. The highest BCUT2D eigenvalue weighted by Crippen LogP contribution is 2.31. The predicted octanol–water partition coefficient (Wildman–Crippen LogP) is 4.48. The van der Waals surface area contributed by atoms with E-state index in [9.17, 15) is 22.8 Å². The van der Waals surface area contributed by atoms with Gasteiger partial charge in [0.15, 0.2) is 0 Å². The molecule has 2 aromatic rings. The lowest BCUT2D eigenvalue weighted by Crippen LogP contribution is -2.36. The van der Waals surface area contributed by atoms with Gasteiger partial charge in [-0.2, -0.15) is 13.2 Å². The summed E-state index contributed by atoms with van der Waals surface area (Å²) in [6, 6.07) is 9.81. The van der Waals surface area contributed by atoms with Crippen LogP contribution in [0.4, 0.5) is 13.2 Å². The predicted molar refractivity (Wildman–Crippen MR) is 97.0 cm³/mol. The van der Waals surface area contributed by atoms with Crippen LogP contribution in [0.2, 0.25) is 0 Å². The second-order valence-corrected chi connectivity index (χ2v) is 7.08. The third kappa shape index (κ3) is 4.35. The molecule has 3 rings (SSSR count). The number of carbonyl (C=O) groups is 2. The fourth-order valence-corrected chi connectivity index (χ4v) is 3.41.